The van der Waals surface area contributed by atoms with Crippen molar-refractivity contribution in [2.45, 2.75) is 19.2 Å². The molecule has 1 atom stereocenters. The van der Waals surface area contributed by atoms with Gasteiger partial charge in [0.15, 0.2) is 6.10 Å². The number of hydrogen-bond donors (Lipinski definition) is 1. The number of hydrogen-bond acceptors (Lipinski definition) is 3. The number of aryl methyl sites for hydroxylation is 1. The normalized spacial score (nSPS) is 17.7. The second-order valence-electron chi connectivity index (χ2n) is 4.13. The van der Waals surface area contributed by atoms with Gasteiger partial charge in [0.05, 0.1) is 23.8 Å². The number of rotatable bonds is 2. The van der Waals surface area contributed by atoms with Gasteiger partial charge in [-0.1, -0.05) is 0 Å². The summed E-state index contributed by atoms with van der Waals surface area (Å²) in [5, 5.41) is 11.1. The van der Waals surface area contributed by atoms with Crippen molar-refractivity contribution >= 4 is 11.6 Å². The number of amides is 1. The van der Waals surface area contributed by atoms with E-state index in [0.717, 1.165) is 12.1 Å². The third-order valence-electron chi connectivity index (χ3n) is 2.67. The molecule has 1 N–H and O–H groups in total. The zero-order chi connectivity index (χ0) is 14.2. The molecule has 1 saturated heterocycles. The number of nitrogens with one attached hydrogen (secondary N) is 1. The van der Waals surface area contributed by atoms with Gasteiger partial charge in [-0.15, -0.1) is 0 Å². The van der Waals surface area contributed by atoms with E-state index in [4.69, 9.17) is 10.00 Å². The Balaban J connectivity index is 2.39. The second-order valence-corrected chi connectivity index (χ2v) is 4.13. The Morgan fingerprint density at radius 3 is 2.63 bits per heavy atom. The van der Waals surface area contributed by atoms with Gasteiger partial charge in [0.25, 0.3) is 5.91 Å². The Morgan fingerprint density at radius 1 is 1.53 bits per heavy atom. The third kappa shape index (κ3) is 2.85. The second kappa shape index (κ2) is 4.55. The Morgan fingerprint density at radius 2 is 2.16 bits per heavy atom. The number of alkyl halides is 3. The standard InChI is InChI=1S/C12H9F3N2O2/c1-6-2-7(4-16)8(12(13,14)15)3-9(6)17-11(18)10-5-19-10/h2-3,10H,5H2,1H3,(H,17,18). The Hall–Kier alpha value is -2.07. The number of ether oxygens (including phenoxy) is 1. The van der Waals surface area contributed by atoms with Crippen LogP contribution in [0.2, 0.25) is 0 Å². The number of halogens is 3. The highest BCUT2D eigenvalue weighted by Crippen LogP contribution is 2.35. The number of nitriles is 1. The quantitative estimate of drug-likeness (QED) is 0.838. The van der Waals surface area contributed by atoms with Crippen LogP contribution in [0.1, 0.15) is 16.7 Å². The lowest BCUT2D eigenvalue weighted by Gasteiger charge is -2.13. The minimum Gasteiger partial charge on any atom is -0.363 e. The maximum Gasteiger partial charge on any atom is 0.417 e. The molecule has 1 aromatic carbocycles. The lowest BCUT2D eigenvalue weighted by Crippen LogP contribution is -2.19. The van der Waals surface area contributed by atoms with E-state index >= 15 is 0 Å². The van der Waals surface area contributed by atoms with Crippen LogP contribution >= 0.6 is 0 Å². The molecule has 2 rings (SSSR count). The van der Waals surface area contributed by atoms with E-state index in [-0.39, 0.29) is 12.3 Å². The fourth-order valence-corrected chi connectivity index (χ4v) is 1.58. The highest BCUT2D eigenvalue weighted by atomic mass is 19.4. The Kier molecular flexibility index (Phi) is 3.20. The van der Waals surface area contributed by atoms with E-state index in [0.29, 0.717) is 5.56 Å². The zero-order valence-electron chi connectivity index (χ0n) is 9.84. The molecule has 0 spiro atoms. The van der Waals surface area contributed by atoms with Crippen molar-refractivity contribution in [3.05, 3.63) is 28.8 Å². The summed E-state index contributed by atoms with van der Waals surface area (Å²) in [6.45, 7) is 1.79. The van der Waals surface area contributed by atoms with Crippen molar-refractivity contribution < 1.29 is 22.7 Å². The molecule has 1 amide bonds. The van der Waals surface area contributed by atoms with E-state index in [1.807, 2.05) is 0 Å². The van der Waals surface area contributed by atoms with Gasteiger partial charge in [-0.25, -0.2) is 0 Å². The molecule has 0 radical (unpaired) electrons. The molecule has 1 fully saturated rings. The number of benzene rings is 1. The van der Waals surface area contributed by atoms with Gasteiger partial charge in [-0.3, -0.25) is 4.79 Å². The van der Waals surface area contributed by atoms with Crippen molar-refractivity contribution in [3.63, 3.8) is 0 Å². The number of carbonyl (C=O) groups excluding carboxylic acids is 1. The van der Waals surface area contributed by atoms with Crippen LogP contribution in [0.15, 0.2) is 12.1 Å². The fraction of sp³-hybridized carbons (Fsp3) is 0.333. The van der Waals surface area contributed by atoms with Gasteiger partial charge in [-0.2, -0.15) is 18.4 Å². The zero-order valence-corrected chi connectivity index (χ0v) is 9.84. The van der Waals surface area contributed by atoms with Gasteiger partial charge in [0.1, 0.15) is 0 Å². The summed E-state index contributed by atoms with van der Waals surface area (Å²) in [6.07, 6.45) is -5.24. The van der Waals surface area contributed by atoms with E-state index in [1.54, 1.807) is 0 Å². The molecule has 1 aliphatic heterocycles. The first-order valence-electron chi connectivity index (χ1n) is 5.37. The minimum atomic E-state index is -4.64. The van der Waals surface area contributed by atoms with Crippen LogP contribution in [0.25, 0.3) is 0 Å². The third-order valence-corrected chi connectivity index (χ3v) is 2.67. The van der Waals surface area contributed by atoms with Crippen molar-refractivity contribution in [3.8, 4) is 6.07 Å². The van der Waals surface area contributed by atoms with Gasteiger partial charge in [-0.05, 0) is 24.6 Å². The van der Waals surface area contributed by atoms with Gasteiger partial charge >= 0.3 is 6.18 Å². The molecular weight excluding hydrogens is 261 g/mol. The summed E-state index contributed by atoms with van der Waals surface area (Å²) in [6, 6.07) is 3.38. The first-order valence-corrected chi connectivity index (χ1v) is 5.37. The summed E-state index contributed by atoms with van der Waals surface area (Å²) in [5.41, 5.74) is -1.11. The molecule has 7 heteroatoms. The molecule has 0 bridgehead atoms. The van der Waals surface area contributed by atoms with E-state index < -0.39 is 29.3 Å². The van der Waals surface area contributed by atoms with Gasteiger partial charge in [0.2, 0.25) is 0 Å². The largest absolute Gasteiger partial charge is 0.417 e. The average molecular weight is 270 g/mol. The van der Waals surface area contributed by atoms with Crippen LogP contribution in [0.4, 0.5) is 18.9 Å². The predicted molar refractivity (Wildman–Crippen MR) is 59.3 cm³/mol. The smallest absolute Gasteiger partial charge is 0.363 e. The molecule has 100 valence electrons. The van der Waals surface area contributed by atoms with Gasteiger partial charge < -0.3 is 10.1 Å². The molecule has 1 heterocycles. The number of epoxide rings is 1. The highest BCUT2D eigenvalue weighted by molar-refractivity contribution is 5.96. The number of anilines is 1. The first kappa shape index (κ1) is 13.4. The molecule has 4 nitrogen and oxygen atoms in total. The molecule has 1 unspecified atom stereocenters. The SMILES string of the molecule is Cc1cc(C#N)c(C(F)(F)F)cc1NC(=O)C1CO1. The van der Waals surface area contributed by atoms with Crippen LogP contribution < -0.4 is 5.32 Å². The number of carbonyl (C=O) groups is 1. The van der Waals surface area contributed by atoms with Gasteiger partial charge in [0, 0.05) is 5.69 Å². The molecule has 0 aliphatic carbocycles. The van der Waals surface area contributed by atoms with Crippen LogP contribution in [0.3, 0.4) is 0 Å². The Labute approximate surface area is 106 Å². The first-order chi connectivity index (χ1) is 8.82. The molecule has 1 aromatic rings. The van der Waals surface area contributed by atoms with Crippen LogP contribution in [-0.2, 0) is 15.7 Å². The van der Waals surface area contributed by atoms with E-state index in [2.05, 4.69) is 5.32 Å². The summed E-state index contributed by atoms with van der Waals surface area (Å²) in [5.74, 6) is -0.485. The number of nitrogens with zero attached hydrogens (tertiary/aromatic N) is 1. The van der Waals surface area contributed by atoms with Crippen molar-refractivity contribution in [1.82, 2.24) is 0 Å². The molecule has 19 heavy (non-hydrogen) atoms. The molecule has 0 saturated carbocycles. The maximum atomic E-state index is 12.8. The van der Waals surface area contributed by atoms with Crippen molar-refractivity contribution in [2.75, 3.05) is 11.9 Å². The van der Waals surface area contributed by atoms with Crippen LogP contribution in [-0.4, -0.2) is 18.6 Å². The molecule has 1 aliphatic rings. The monoisotopic (exact) mass is 270 g/mol. The van der Waals surface area contributed by atoms with E-state index in [1.165, 1.54) is 13.0 Å². The van der Waals surface area contributed by atoms with Crippen molar-refractivity contribution in [2.24, 2.45) is 0 Å². The topological polar surface area (TPSA) is 65.4 Å². The Bertz CT molecular complexity index is 572. The van der Waals surface area contributed by atoms with Crippen LogP contribution in [0, 0.1) is 18.3 Å². The van der Waals surface area contributed by atoms with Crippen molar-refractivity contribution in [1.29, 1.82) is 5.26 Å². The lowest BCUT2D eigenvalue weighted by atomic mass is 10.0. The summed E-state index contributed by atoms with van der Waals surface area (Å²) < 4.78 is 43.0. The van der Waals surface area contributed by atoms with E-state index in [9.17, 15) is 18.0 Å². The van der Waals surface area contributed by atoms with Crippen LogP contribution in [0.5, 0.6) is 0 Å². The maximum absolute atomic E-state index is 12.8. The molecule has 0 aromatic heterocycles. The average Bonchev–Trinajstić information content (AvgIpc) is 3.13. The lowest BCUT2D eigenvalue weighted by molar-refractivity contribution is -0.137. The summed E-state index contributed by atoms with van der Waals surface area (Å²) >= 11 is 0. The summed E-state index contributed by atoms with van der Waals surface area (Å²) in [7, 11) is 0. The fourth-order valence-electron chi connectivity index (χ4n) is 1.58. The minimum absolute atomic E-state index is 0.0341. The summed E-state index contributed by atoms with van der Waals surface area (Å²) in [4.78, 5) is 11.5. The predicted octanol–water partition coefficient (Wildman–Crippen LogP) is 2.22. The molecular formula is C12H9F3N2O2. The highest BCUT2D eigenvalue weighted by Gasteiger charge is 2.35.